The van der Waals surface area contributed by atoms with Gasteiger partial charge in [0.25, 0.3) is 0 Å². The lowest BCUT2D eigenvalue weighted by molar-refractivity contribution is -0.497. The van der Waals surface area contributed by atoms with Gasteiger partial charge in [0.05, 0.1) is 11.8 Å². The van der Waals surface area contributed by atoms with Crippen molar-refractivity contribution in [3.05, 3.63) is 83.7 Å². The van der Waals surface area contributed by atoms with Crippen LogP contribution in [0.4, 0.5) is 5.69 Å². The van der Waals surface area contributed by atoms with Gasteiger partial charge in [-0.3, -0.25) is 5.32 Å². The maximum atomic E-state index is 11.4. The van der Waals surface area contributed by atoms with E-state index in [1.165, 1.54) is 22.0 Å². The maximum Gasteiger partial charge on any atom is 0.335 e. The van der Waals surface area contributed by atoms with E-state index >= 15 is 0 Å². The number of rotatable bonds is 2. The molecule has 1 aliphatic heterocycles. The second-order valence-corrected chi connectivity index (χ2v) is 8.05. The number of carboxylic acid groups (broad SMARTS) is 1. The van der Waals surface area contributed by atoms with Crippen LogP contribution in [0.15, 0.2) is 67.0 Å². The molecule has 0 unspecified atom stereocenters. The first kappa shape index (κ1) is 18.3. The summed E-state index contributed by atoms with van der Waals surface area (Å²) in [6, 6.07) is 13.8. The van der Waals surface area contributed by atoms with Crippen LogP contribution in [0.25, 0.3) is 16.5 Å². The molecule has 4 rings (SSSR count). The number of carbonyl (C=O) groups is 1. The molecule has 2 aromatic carbocycles. The normalized spacial score (nSPS) is 19.0. The smallest absolute Gasteiger partial charge is 0.335 e. The molecule has 28 heavy (non-hydrogen) atoms. The van der Waals surface area contributed by atoms with E-state index in [1.54, 1.807) is 6.07 Å². The highest BCUT2D eigenvalue weighted by Gasteiger charge is 2.27. The second kappa shape index (κ2) is 6.80. The van der Waals surface area contributed by atoms with Crippen LogP contribution >= 0.6 is 0 Å². The quantitative estimate of drug-likeness (QED) is 0.656. The Morgan fingerprint density at radius 3 is 2.75 bits per heavy atom. The van der Waals surface area contributed by atoms with E-state index in [4.69, 9.17) is 0 Å². The Morgan fingerprint density at radius 2 is 1.96 bits per heavy atom. The summed E-state index contributed by atoms with van der Waals surface area (Å²) in [5.41, 5.74) is 5.90. The Morgan fingerprint density at radius 1 is 1.18 bits per heavy atom. The molecule has 1 aliphatic rings. The van der Waals surface area contributed by atoms with Gasteiger partial charge in [-0.15, -0.1) is 0 Å². The van der Waals surface area contributed by atoms with Gasteiger partial charge in [0.1, 0.15) is 5.69 Å². The number of nitrogens with zero attached hydrogens (tertiary/aromatic N) is 1. The van der Waals surface area contributed by atoms with Gasteiger partial charge in [0.15, 0.2) is 0 Å². The summed E-state index contributed by atoms with van der Waals surface area (Å²) in [5.74, 6) is -0.888. The average Bonchev–Trinajstić information content (AvgIpc) is 3.03. The minimum atomic E-state index is -0.888. The highest BCUT2D eigenvalue weighted by molar-refractivity contribution is 5.95. The Balaban J connectivity index is 1.81. The SMILES string of the molecule is Cn1cc(C2=C/CC(C)(C)c3cc(C(=O)O)ccc3[NH2+]/C=C\2)c2ccccc21. The van der Waals surface area contributed by atoms with Crippen molar-refractivity contribution in [1.29, 1.82) is 0 Å². The standard InChI is InChI=1S/C24H24N2O2/c1-24(2)12-10-16(19-15-26(3)22-7-5-4-6-18(19)22)11-13-25-21-9-8-17(23(27)28)14-20(21)24/h4-11,13-15,25H,12H2,1-3H3,(H,27,28)/p+1/b13-11-,16-10+. The molecule has 4 heteroatoms. The van der Waals surface area contributed by atoms with Crippen LogP contribution in [0.1, 0.15) is 41.8 Å². The Kier molecular flexibility index (Phi) is 4.44. The van der Waals surface area contributed by atoms with Crippen LogP contribution in [0.3, 0.4) is 0 Å². The van der Waals surface area contributed by atoms with E-state index in [1.807, 2.05) is 12.1 Å². The average molecular weight is 373 g/mol. The number of carboxylic acids is 1. The van der Waals surface area contributed by atoms with Crippen molar-refractivity contribution in [2.75, 3.05) is 0 Å². The van der Waals surface area contributed by atoms with E-state index in [2.05, 4.69) is 79.6 Å². The van der Waals surface area contributed by atoms with Gasteiger partial charge in [-0.05, 0) is 41.7 Å². The molecule has 0 atom stereocenters. The molecular weight excluding hydrogens is 348 g/mol. The number of benzene rings is 2. The second-order valence-electron chi connectivity index (χ2n) is 8.05. The van der Waals surface area contributed by atoms with Crippen LogP contribution in [0.2, 0.25) is 0 Å². The van der Waals surface area contributed by atoms with E-state index in [9.17, 15) is 9.90 Å². The van der Waals surface area contributed by atoms with Crippen molar-refractivity contribution in [1.82, 2.24) is 4.57 Å². The van der Waals surface area contributed by atoms with Crippen LogP contribution in [-0.4, -0.2) is 15.6 Å². The lowest BCUT2D eigenvalue weighted by Gasteiger charge is -2.25. The van der Waals surface area contributed by atoms with Crippen molar-refractivity contribution in [2.45, 2.75) is 25.7 Å². The van der Waals surface area contributed by atoms with Crippen LogP contribution in [-0.2, 0) is 12.5 Å². The number of quaternary nitrogens is 1. The van der Waals surface area contributed by atoms with E-state index in [-0.39, 0.29) is 5.41 Å². The lowest BCUT2D eigenvalue weighted by Crippen LogP contribution is -2.71. The summed E-state index contributed by atoms with van der Waals surface area (Å²) in [6.45, 7) is 4.35. The van der Waals surface area contributed by atoms with Gasteiger partial charge < -0.3 is 9.67 Å². The van der Waals surface area contributed by atoms with E-state index in [0.717, 1.165) is 17.7 Å². The molecule has 0 spiro atoms. The predicted molar refractivity (Wildman–Crippen MR) is 113 cm³/mol. The molecule has 2 heterocycles. The van der Waals surface area contributed by atoms with Gasteiger partial charge in [0.2, 0.25) is 0 Å². The molecule has 0 radical (unpaired) electrons. The molecule has 0 aliphatic carbocycles. The number of hydrogen-bond acceptors (Lipinski definition) is 1. The number of aryl methyl sites for hydroxylation is 1. The maximum absolute atomic E-state index is 11.4. The number of aromatic carboxylic acids is 1. The molecular formula is C24H25N2O2+. The number of hydrogen-bond donors (Lipinski definition) is 2. The molecule has 0 saturated carbocycles. The van der Waals surface area contributed by atoms with E-state index < -0.39 is 5.97 Å². The Bertz CT molecular complexity index is 1130. The van der Waals surface area contributed by atoms with Gasteiger partial charge >= 0.3 is 5.97 Å². The molecule has 0 bridgehead atoms. The zero-order chi connectivity index (χ0) is 19.9. The fourth-order valence-electron chi connectivity index (χ4n) is 3.99. The summed E-state index contributed by atoms with van der Waals surface area (Å²) < 4.78 is 2.16. The van der Waals surface area contributed by atoms with Crippen molar-refractivity contribution in [3.63, 3.8) is 0 Å². The van der Waals surface area contributed by atoms with E-state index in [0.29, 0.717) is 5.56 Å². The van der Waals surface area contributed by atoms with Crippen molar-refractivity contribution < 1.29 is 15.2 Å². The fourth-order valence-corrected chi connectivity index (χ4v) is 3.99. The molecule has 3 N–H and O–H groups in total. The number of fused-ring (bicyclic) bond motifs is 2. The highest BCUT2D eigenvalue weighted by atomic mass is 16.4. The minimum Gasteiger partial charge on any atom is -0.478 e. The molecule has 0 fully saturated rings. The molecule has 4 nitrogen and oxygen atoms in total. The lowest BCUT2D eigenvalue weighted by atomic mass is 9.79. The van der Waals surface area contributed by atoms with Crippen LogP contribution < -0.4 is 5.32 Å². The Hall–Kier alpha value is -3.11. The molecule has 1 aromatic heterocycles. The third kappa shape index (κ3) is 3.16. The largest absolute Gasteiger partial charge is 0.478 e. The summed E-state index contributed by atoms with van der Waals surface area (Å²) in [7, 11) is 2.07. The summed E-state index contributed by atoms with van der Waals surface area (Å²) in [4.78, 5) is 11.4. The van der Waals surface area contributed by atoms with Crippen LogP contribution in [0, 0.1) is 0 Å². The van der Waals surface area contributed by atoms with Gasteiger partial charge in [0, 0.05) is 41.3 Å². The third-order valence-electron chi connectivity index (χ3n) is 5.62. The topological polar surface area (TPSA) is 58.8 Å². The Labute approximate surface area is 164 Å². The first-order chi connectivity index (χ1) is 13.4. The third-order valence-corrected chi connectivity index (χ3v) is 5.62. The first-order valence-corrected chi connectivity index (χ1v) is 9.51. The number of aromatic nitrogens is 1. The summed E-state index contributed by atoms with van der Waals surface area (Å²) in [6.07, 6.45) is 9.49. The highest BCUT2D eigenvalue weighted by Crippen LogP contribution is 2.35. The zero-order valence-electron chi connectivity index (χ0n) is 16.4. The van der Waals surface area contributed by atoms with Crippen molar-refractivity contribution in [2.24, 2.45) is 7.05 Å². The van der Waals surface area contributed by atoms with Gasteiger partial charge in [-0.25, -0.2) is 4.79 Å². The van der Waals surface area contributed by atoms with Crippen molar-refractivity contribution >= 4 is 28.1 Å². The molecule has 0 saturated heterocycles. The summed E-state index contributed by atoms with van der Waals surface area (Å²) >= 11 is 0. The minimum absolute atomic E-state index is 0.181. The van der Waals surface area contributed by atoms with Crippen LogP contribution in [0.5, 0.6) is 0 Å². The number of allylic oxidation sites excluding steroid dienone is 3. The summed E-state index contributed by atoms with van der Waals surface area (Å²) in [5, 5.41) is 12.7. The molecule has 0 amide bonds. The predicted octanol–water partition coefficient (Wildman–Crippen LogP) is 4.35. The van der Waals surface area contributed by atoms with Gasteiger partial charge in [-0.1, -0.05) is 38.1 Å². The zero-order valence-corrected chi connectivity index (χ0v) is 16.4. The van der Waals surface area contributed by atoms with Crippen molar-refractivity contribution in [3.8, 4) is 0 Å². The molecule has 3 aromatic rings. The monoisotopic (exact) mass is 373 g/mol. The first-order valence-electron chi connectivity index (χ1n) is 9.51. The van der Waals surface area contributed by atoms with Gasteiger partial charge in [-0.2, -0.15) is 0 Å². The fraction of sp³-hybridized carbons (Fsp3) is 0.208. The number of nitrogens with two attached hydrogens (primary N) is 1. The number of para-hydroxylation sites is 1. The molecule has 142 valence electrons.